The first-order valence-electron chi connectivity index (χ1n) is 7.46. The Bertz CT molecular complexity index is 503. The summed E-state index contributed by atoms with van der Waals surface area (Å²) in [5.41, 5.74) is 0. The summed E-state index contributed by atoms with van der Waals surface area (Å²) < 4.78 is 2.06. The molecule has 1 aliphatic rings. The molecule has 1 fully saturated rings. The standard InChI is InChI=1S/C14H24N4O2S/c1-9(2)18-13(15-16-14(18)21-8-12(19)20)17-6-5-10(3)7-11(17)4/h9-11H,5-8H2,1-4H3,(H,19,20). The number of nitrogens with zero attached hydrogens (tertiary/aromatic N) is 4. The van der Waals surface area contributed by atoms with E-state index in [-0.39, 0.29) is 11.8 Å². The van der Waals surface area contributed by atoms with E-state index < -0.39 is 5.97 Å². The fraction of sp³-hybridized carbons (Fsp3) is 0.786. The second-order valence-corrected chi connectivity index (χ2v) is 7.04. The Morgan fingerprint density at radius 2 is 2.14 bits per heavy atom. The smallest absolute Gasteiger partial charge is 0.313 e. The number of carbonyl (C=O) groups is 1. The minimum atomic E-state index is -0.833. The molecule has 0 aromatic carbocycles. The van der Waals surface area contributed by atoms with Crippen LogP contribution in [-0.2, 0) is 4.79 Å². The van der Waals surface area contributed by atoms with Crippen LogP contribution in [0.1, 0.15) is 46.6 Å². The van der Waals surface area contributed by atoms with Crippen LogP contribution in [0.4, 0.5) is 5.95 Å². The summed E-state index contributed by atoms with van der Waals surface area (Å²) in [5.74, 6) is 0.794. The highest BCUT2D eigenvalue weighted by atomic mass is 32.2. The molecule has 1 aliphatic heterocycles. The molecule has 0 spiro atoms. The molecule has 6 nitrogen and oxygen atoms in total. The van der Waals surface area contributed by atoms with Crippen molar-refractivity contribution >= 4 is 23.7 Å². The van der Waals surface area contributed by atoms with Gasteiger partial charge in [-0.2, -0.15) is 0 Å². The van der Waals surface area contributed by atoms with Crippen molar-refractivity contribution < 1.29 is 9.90 Å². The molecule has 2 heterocycles. The first-order chi connectivity index (χ1) is 9.90. The monoisotopic (exact) mass is 312 g/mol. The third-order valence-electron chi connectivity index (χ3n) is 3.88. The summed E-state index contributed by atoms with van der Waals surface area (Å²) in [6, 6.07) is 0.644. The fourth-order valence-electron chi connectivity index (χ4n) is 2.85. The molecule has 0 aliphatic carbocycles. The maximum absolute atomic E-state index is 10.8. The Labute approximate surface area is 129 Å². The van der Waals surface area contributed by atoms with Crippen molar-refractivity contribution in [2.24, 2.45) is 5.92 Å². The summed E-state index contributed by atoms with van der Waals surface area (Å²) in [5, 5.41) is 18.1. The van der Waals surface area contributed by atoms with Crippen molar-refractivity contribution in [1.82, 2.24) is 14.8 Å². The lowest BCUT2D eigenvalue weighted by Crippen LogP contribution is -2.42. The van der Waals surface area contributed by atoms with Gasteiger partial charge in [0.1, 0.15) is 0 Å². The predicted molar refractivity (Wildman–Crippen MR) is 84.0 cm³/mol. The second kappa shape index (κ2) is 6.68. The Hall–Kier alpha value is -1.24. The molecular formula is C14H24N4O2S. The van der Waals surface area contributed by atoms with E-state index in [0.717, 1.165) is 31.3 Å². The summed E-state index contributed by atoms with van der Waals surface area (Å²) >= 11 is 1.23. The average molecular weight is 312 g/mol. The summed E-state index contributed by atoms with van der Waals surface area (Å²) in [4.78, 5) is 13.1. The number of aliphatic carboxylic acids is 1. The molecule has 0 amide bonds. The summed E-state index contributed by atoms with van der Waals surface area (Å²) in [7, 11) is 0. The van der Waals surface area contributed by atoms with E-state index in [1.807, 2.05) is 0 Å². The molecule has 118 valence electrons. The van der Waals surface area contributed by atoms with Gasteiger partial charge in [0.25, 0.3) is 0 Å². The first kappa shape index (κ1) is 16.1. The summed E-state index contributed by atoms with van der Waals surface area (Å²) in [6.45, 7) is 9.65. The number of aromatic nitrogens is 3. The molecular weight excluding hydrogens is 288 g/mol. The lowest BCUT2D eigenvalue weighted by molar-refractivity contribution is -0.133. The highest BCUT2D eigenvalue weighted by molar-refractivity contribution is 7.99. The van der Waals surface area contributed by atoms with Gasteiger partial charge in [-0.25, -0.2) is 0 Å². The minimum Gasteiger partial charge on any atom is -0.481 e. The summed E-state index contributed by atoms with van der Waals surface area (Å²) in [6.07, 6.45) is 2.31. The second-order valence-electron chi connectivity index (χ2n) is 6.10. The average Bonchev–Trinajstić information content (AvgIpc) is 2.80. The highest BCUT2D eigenvalue weighted by Crippen LogP contribution is 2.31. The van der Waals surface area contributed by atoms with Gasteiger partial charge >= 0.3 is 5.97 Å². The number of carboxylic acids is 1. The van der Waals surface area contributed by atoms with Crippen molar-refractivity contribution in [3.05, 3.63) is 0 Å². The molecule has 7 heteroatoms. The van der Waals surface area contributed by atoms with Gasteiger partial charge in [0.2, 0.25) is 5.95 Å². The zero-order valence-electron chi connectivity index (χ0n) is 13.1. The van der Waals surface area contributed by atoms with Gasteiger partial charge in [0.05, 0.1) is 5.75 Å². The van der Waals surface area contributed by atoms with Crippen LogP contribution in [0.2, 0.25) is 0 Å². The SMILES string of the molecule is CC1CCN(c2nnc(SCC(=O)O)n2C(C)C)C(C)C1. The third-order valence-corrected chi connectivity index (χ3v) is 4.81. The Balaban J connectivity index is 2.25. The minimum absolute atomic E-state index is 0.0114. The topological polar surface area (TPSA) is 71.2 Å². The normalized spacial score (nSPS) is 22.8. The lowest BCUT2D eigenvalue weighted by atomic mass is 9.94. The van der Waals surface area contributed by atoms with Gasteiger partial charge in [-0.05, 0) is 39.5 Å². The number of carboxylic acid groups (broad SMARTS) is 1. The van der Waals surface area contributed by atoms with Crippen molar-refractivity contribution in [2.75, 3.05) is 17.2 Å². The van der Waals surface area contributed by atoms with Gasteiger partial charge in [-0.15, -0.1) is 10.2 Å². The third kappa shape index (κ3) is 3.70. The largest absolute Gasteiger partial charge is 0.481 e. The molecule has 0 radical (unpaired) electrons. The first-order valence-corrected chi connectivity index (χ1v) is 8.44. The molecule has 21 heavy (non-hydrogen) atoms. The van der Waals surface area contributed by atoms with E-state index in [2.05, 4.69) is 47.4 Å². The van der Waals surface area contributed by atoms with Crippen molar-refractivity contribution in [3.8, 4) is 0 Å². The van der Waals surface area contributed by atoms with E-state index in [1.54, 1.807) is 0 Å². The van der Waals surface area contributed by atoms with Gasteiger partial charge in [-0.1, -0.05) is 18.7 Å². The molecule has 2 atom stereocenters. The van der Waals surface area contributed by atoms with Crippen molar-refractivity contribution in [1.29, 1.82) is 0 Å². The number of anilines is 1. The van der Waals surface area contributed by atoms with Gasteiger partial charge in [0.15, 0.2) is 5.16 Å². The van der Waals surface area contributed by atoms with Crippen LogP contribution >= 0.6 is 11.8 Å². The highest BCUT2D eigenvalue weighted by Gasteiger charge is 2.28. The molecule has 1 aromatic rings. The number of thioether (sulfide) groups is 1. The van der Waals surface area contributed by atoms with Crippen LogP contribution in [0.3, 0.4) is 0 Å². The molecule has 1 saturated heterocycles. The van der Waals surface area contributed by atoms with Crippen LogP contribution in [0, 0.1) is 5.92 Å². The zero-order valence-corrected chi connectivity index (χ0v) is 13.9. The number of rotatable bonds is 5. The van der Waals surface area contributed by atoms with E-state index in [9.17, 15) is 4.79 Å². The van der Waals surface area contributed by atoms with Gasteiger partial charge in [0, 0.05) is 18.6 Å². The molecule has 2 rings (SSSR count). The fourth-order valence-corrected chi connectivity index (χ4v) is 3.63. The lowest BCUT2D eigenvalue weighted by Gasteiger charge is -2.37. The molecule has 1 aromatic heterocycles. The molecule has 0 bridgehead atoms. The molecule has 2 unspecified atom stereocenters. The number of piperidine rings is 1. The van der Waals surface area contributed by atoms with E-state index in [0.29, 0.717) is 11.2 Å². The maximum Gasteiger partial charge on any atom is 0.313 e. The number of hydrogen-bond acceptors (Lipinski definition) is 5. The van der Waals surface area contributed by atoms with Gasteiger partial charge < -0.3 is 10.0 Å². The Morgan fingerprint density at radius 1 is 1.43 bits per heavy atom. The predicted octanol–water partition coefficient (Wildman–Crippen LogP) is 2.66. The quantitative estimate of drug-likeness (QED) is 0.843. The van der Waals surface area contributed by atoms with Gasteiger partial charge in [-0.3, -0.25) is 9.36 Å². The van der Waals surface area contributed by atoms with Crippen LogP contribution in [-0.4, -0.2) is 44.2 Å². The van der Waals surface area contributed by atoms with Crippen molar-refractivity contribution in [3.63, 3.8) is 0 Å². The van der Waals surface area contributed by atoms with E-state index in [1.165, 1.54) is 11.8 Å². The van der Waals surface area contributed by atoms with Crippen LogP contribution in [0.15, 0.2) is 5.16 Å². The van der Waals surface area contributed by atoms with Crippen LogP contribution < -0.4 is 4.90 Å². The zero-order chi connectivity index (χ0) is 15.6. The van der Waals surface area contributed by atoms with Crippen LogP contribution in [0.25, 0.3) is 0 Å². The van der Waals surface area contributed by atoms with Crippen LogP contribution in [0.5, 0.6) is 0 Å². The Kier molecular flexibility index (Phi) is 5.13. The van der Waals surface area contributed by atoms with E-state index >= 15 is 0 Å². The van der Waals surface area contributed by atoms with Crippen molar-refractivity contribution in [2.45, 2.75) is 57.8 Å². The number of hydrogen-bond donors (Lipinski definition) is 1. The molecule has 1 N–H and O–H groups in total. The van der Waals surface area contributed by atoms with E-state index in [4.69, 9.17) is 5.11 Å². The molecule has 0 saturated carbocycles. The Morgan fingerprint density at radius 3 is 2.71 bits per heavy atom. The maximum atomic E-state index is 10.8.